The van der Waals surface area contributed by atoms with Crippen molar-refractivity contribution in [2.24, 2.45) is 0 Å². The highest BCUT2D eigenvalue weighted by molar-refractivity contribution is 6.05. The standard InChI is InChI=1S/C25H26N2O4/c1-17(18-10-6-4-7-11-18)14-24(28)26-20-15-23(31-3)21(16-22(20)30-2)27-25(29)19-12-8-5-9-13-19/h4-13,15-17H,14H2,1-3H3,(H,26,28)(H,27,29)/t17-/m1/s1. The fraction of sp³-hybridized carbons (Fsp3) is 0.200. The van der Waals surface area contributed by atoms with Crippen LogP contribution in [0.3, 0.4) is 0 Å². The minimum absolute atomic E-state index is 0.0681. The Morgan fingerprint density at radius 2 is 1.32 bits per heavy atom. The summed E-state index contributed by atoms with van der Waals surface area (Å²) in [4.78, 5) is 25.2. The summed E-state index contributed by atoms with van der Waals surface area (Å²) in [5.74, 6) is 0.493. The molecule has 0 fully saturated rings. The zero-order chi connectivity index (χ0) is 22.2. The lowest BCUT2D eigenvalue weighted by atomic mass is 9.97. The van der Waals surface area contributed by atoms with Crippen LogP contribution in [0.1, 0.15) is 35.2 Å². The van der Waals surface area contributed by atoms with E-state index in [1.54, 1.807) is 36.4 Å². The van der Waals surface area contributed by atoms with E-state index in [-0.39, 0.29) is 17.7 Å². The predicted molar refractivity (Wildman–Crippen MR) is 122 cm³/mol. The van der Waals surface area contributed by atoms with Gasteiger partial charge in [-0.2, -0.15) is 0 Å². The molecular weight excluding hydrogens is 392 g/mol. The van der Waals surface area contributed by atoms with E-state index in [2.05, 4.69) is 10.6 Å². The first-order valence-corrected chi connectivity index (χ1v) is 9.99. The maximum Gasteiger partial charge on any atom is 0.255 e. The molecule has 2 amide bonds. The van der Waals surface area contributed by atoms with Crippen molar-refractivity contribution in [2.45, 2.75) is 19.3 Å². The molecule has 0 radical (unpaired) electrons. The number of carbonyl (C=O) groups excluding carboxylic acids is 2. The number of ether oxygens (including phenoxy) is 2. The number of nitrogens with one attached hydrogen (secondary N) is 2. The second kappa shape index (κ2) is 10.3. The van der Waals surface area contributed by atoms with E-state index in [1.807, 2.05) is 43.3 Å². The van der Waals surface area contributed by atoms with Crippen LogP contribution in [0.25, 0.3) is 0 Å². The Labute approximate surface area is 182 Å². The fourth-order valence-corrected chi connectivity index (χ4v) is 3.26. The summed E-state index contributed by atoms with van der Waals surface area (Å²) < 4.78 is 10.9. The van der Waals surface area contributed by atoms with Crippen LogP contribution >= 0.6 is 0 Å². The van der Waals surface area contributed by atoms with Crippen molar-refractivity contribution >= 4 is 23.2 Å². The molecule has 0 heterocycles. The Kier molecular flexibility index (Phi) is 7.27. The Bertz CT molecular complexity index is 1040. The van der Waals surface area contributed by atoms with Crippen LogP contribution in [0.2, 0.25) is 0 Å². The molecule has 0 saturated heterocycles. The molecule has 0 aliphatic rings. The average molecular weight is 418 g/mol. The van der Waals surface area contributed by atoms with Crippen LogP contribution in [0.15, 0.2) is 72.8 Å². The van der Waals surface area contributed by atoms with Crippen LogP contribution in [-0.4, -0.2) is 26.0 Å². The van der Waals surface area contributed by atoms with Crippen molar-refractivity contribution in [1.29, 1.82) is 0 Å². The van der Waals surface area contributed by atoms with Crippen molar-refractivity contribution in [3.05, 3.63) is 83.9 Å². The van der Waals surface area contributed by atoms with E-state index in [4.69, 9.17) is 9.47 Å². The molecular formula is C25H26N2O4. The van der Waals surface area contributed by atoms with Gasteiger partial charge in [-0.25, -0.2) is 0 Å². The predicted octanol–water partition coefficient (Wildman–Crippen LogP) is 5.09. The summed E-state index contributed by atoms with van der Waals surface area (Å²) in [6.07, 6.45) is 0.321. The molecule has 0 aromatic heterocycles. The molecule has 6 nitrogen and oxygen atoms in total. The van der Waals surface area contributed by atoms with Crippen molar-refractivity contribution in [1.82, 2.24) is 0 Å². The summed E-state index contributed by atoms with van der Waals surface area (Å²) >= 11 is 0. The maximum absolute atomic E-state index is 12.6. The third-order valence-electron chi connectivity index (χ3n) is 4.94. The third-order valence-corrected chi connectivity index (χ3v) is 4.94. The molecule has 3 aromatic carbocycles. The molecule has 2 N–H and O–H groups in total. The van der Waals surface area contributed by atoms with Crippen molar-refractivity contribution < 1.29 is 19.1 Å². The molecule has 0 saturated carbocycles. The highest BCUT2D eigenvalue weighted by Crippen LogP contribution is 2.37. The van der Waals surface area contributed by atoms with E-state index < -0.39 is 0 Å². The van der Waals surface area contributed by atoms with Gasteiger partial charge in [-0.15, -0.1) is 0 Å². The summed E-state index contributed by atoms with van der Waals surface area (Å²) in [7, 11) is 3.01. The third kappa shape index (κ3) is 5.63. The zero-order valence-corrected chi connectivity index (χ0v) is 17.8. The lowest BCUT2D eigenvalue weighted by Gasteiger charge is -2.17. The largest absolute Gasteiger partial charge is 0.494 e. The minimum atomic E-state index is -0.269. The van der Waals surface area contributed by atoms with Gasteiger partial charge in [-0.3, -0.25) is 9.59 Å². The van der Waals surface area contributed by atoms with Crippen LogP contribution in [-0.2, 0) is 4.79 Å². The average Bonchev–Trinajstić information content (AvgIpc) is 2.80. The first-order chi connectivity index (χ1) is 15.0. The number of carbonyl (C=O) groups is 2. The van der Waals surface area contributed by atoms with Gasteiger partial charge < -0.3 is 20.1 Å². The number of amides is 2. The number of benzene rings is 3. The van der Waals surface area contributed by atoms with E-state index in [0.29, 0.717) is 34.9 Å². The van der Waals surface area contributed by atoms with E-state index in [9.17, 15) is 9.59 Å². The molecule has 1 atom stereocenters. The van der Waals surface area contributed by atoms with Gasteiger partial charge in [0.05, 0.1) is 25.6 Å². The van der Waals surface area contributed by atoms with Gasteiger partial charge in [-0.1, -0.05) is 55.5 Å². The number of rotatable bonds is 8. The molecule has 31 heavy (non-hydrogen) atoms. The zero-order valence-electron chi connectivity index (χ0n) is 17.8. The van der Waals surface area contributed by atoms with Crippen LogP contribution in [0.5, 0.6) is 11.5 Å². The van der Waals surface area contributed by atoms with E-state index >= 15 is 0 Å². The Balaban J connectivity index is 1.76. The first kappa shape index (κ1) is 21.9. The number of hydrogen-bond acceptors (Lipinski definition) is 4. The SMILES string of the molecule is COc1cc(NC(=O)c2ccccc2)c(OC)cc1NC(=O)C[C@@H](C)c1ccccc1. The van der Waals surface area contributed by atoms with Gasteiger partial charge in [-0.05, 0) is 23.6 Å². The Morgan fingerprint density at radius 1 is 0.806 bits per heavy atom. The van der Waals surface area contributed by atoms with Crippen LogP contribution in [0, 0.1) is 0 Å². The van der Waals surface area contributed by atoms with Gasteiger partial charge in [0.25, 0.3) is 5.91 Å². The van der Waals surface area contributed by atoms with E-state index in [0.717, 1.165) is 5.56 Å². The molecule has 0 aliphatic carbocycles. The van der Waals surface area contributed by atoms with Gasteiger partial charge in [0.15, 0.2) is 0 Å². The maximum atomic E-state index is 12.6. The number of hydrogen-bond donors (Lipinski definition) is 2. The molecule has 0 spiro atoms. The topological polar surface area (TPSA) is 76.7 Å². The summed E-state index contributed by atoms with van der Waals surface area (Å²) in [6.45, 7) is 2.01. The van der Waals surface area contributed by atoms with Crippen molar-refractivity contribution in [3.8, 4) is 11.5 Å². The quantitative estimate of drug-likeness (QED) is 0.534. The lowest BCUT2D eigenvalue weighted by Crippen LogP contribution is -2.16. The molecule has 160 valence electrons. The molecule has 3 rings (SSSR count). The van der Waals surface area contributed by atoms with Gasteiger partial charge in [0.2, 0.25) is 5.91 Å². The van der Waals surface area contributed by atoms with Crippen LogP contribution in [0.4, 0.5) is 11.4 Å². The second-order valence-electron chi connectivity index (χ2n) is 7.14. The van der Waals surface area contributed by atoms with Gasteiger partial charge >= 0.3 is 0 Å². The summed E-state index contributed by atoms with van der Waals surface area (Å²) in [5, 5.41) is 5.72. The van der Waals surface area contributed by atoms with E-state index in [1.165, 1.54) is 14.2 Å². The highest BCUT2D eigenvalue weighted by Gasteiger charge is 2.17. The van der Waals surface area contributed by atoms with Crippen molar-refractivity contribution in [2.75, 3.05) is 24.9 Å². The molecule has 0 aliphatic heterocycles. The molecule has 0 bridgehead atoms. The highest BCUT2D eigenvalue weighted by atomic mass is 16.5. The normalized spacial score (nSPS) is 11.3. The summed E-state index contributed by atoms with van der Waals surface area (Å²) in [5.41, 5.74) is 2.54. The van der Waals surface area contributed by atoms with Gasteiger partial charge in [0.1, 0.15) is 11.5 Å². The van der Waals surface area contributed by atoms with Gasteiger partial charge in [0, 0.05) is 24.1 Å². The Morgan fingerprint density at radius 3 is 1.87 bits per heavy atom. The first-order valence-electron chi connectivity index (χ1n) is 9.99. The molecule has 6 heteroatoms. The lowest BCUT2D eigenvalue weighted by molar-refractivity contribution is -0.116. The monoisotopic (exact) mass is 418 g/mol. The summed E-state index contributed by atoms with van der Waals surface area (Å²) in [6, 6.07) is 22.0. The number of anilines is 2. The molecule has 0 unspecified atom stereocenters. The number of methoxy groups -OCH3 is 2. The molecule has 3 aromatic rings. The minimum Gasteiger partial charge on any atom is -0.494 e. The van der Waals surface area contributed by atoms with Crippen LogP contribution < -0.4 is 20.1 Å². The Hall–Kier alpha value is -3.80. The second-order valence-corrected chi connectivity index (χ2v) is 7.14. The van der Waals surface area contributed by atoms with Crippen molar-refractivity contribution in [3.63, 3.8) is 0 Å². The fourth-order valence-electron chi connectivity index (χ4n) is 3.26. The smallest absolute Gasteiger partial charge is 0.255 e.